The molecule has 2 heterocycles. The van der Waals surface area contributed by atoms with Gasteiger partial charge in [0.1, 0.15) is 11.3 Å². The number of aromatic amines is 1. The number of H-pyrrole nitrogens is 1. The molecule has 4 rings (SSSR count). The number of imidazole rings is 1. The molecule has 2 atom stereocenters. The van der Waals surface area contributed by atoms with Crippen LogP contribution < -0.4 is 5.73 Å². The number of hydrogen-bond donors (Lipinski definition) is 2. The zero-order chi connectivity index (χ0) is 14.6. The third-order valence-electron chi connectivity index (χ3n) is 5.28. The molecule has 2 fully saturated rings. The van der Waals surface area contributed by atoms with Gasteiger partial charge in [0, 0.05) is 6.54 Å². The van der Waals surface area contributed by atoms with E-state index in [0.29, 0.717) is 11.1 Å². The van der Waals surface area contributed by atoms with Gasteiger partial charge < -0.3 is 10.7 Å². The number of nitrogens with one attached hydrogen (secondary N) is 1. The Balaban J connectivity index is 1.88. The summed E-state index contributed by atoms with van der Waals surface area (Å²) in [5.74, 6) is 1.38. The molecule has 110 valence electrons. The quantitative estimate of drug-likeness (QED) is 0.905. The highest BCUT2D eigenvalue weighted by atomic mass is 16.1. The number of likely N-dealkylation sites (tertiary alicyclic amines) is 1. The third-order valence-corrected chi connectivity index (χ3v) is 5.28. The number of carbonyl (C=O) groups is 1. The fourth-order valence-electron chi connectivity index (χ4n) is 4.30. The summed E-state index contributed by atoms with van der Waals surface area (Å²) in [6, 6.07) is 5.56. The Hall–Kier alpha value is -1.88. The molecule has 2 aromatic rings. The zero-order valence-electron chi connectivity index (χ0n) is 12.2. The lowest BCUT2D eigenvalue weighted by Crippen LogP contribution is -2.42. The minimum Gasteiger partial charge on any atom is -0.366 e. The number of fused-ring (bicyclic) bond motifs is 3. The van der Waals surface area contributed by atoms with Crippen LogP contribution in [0.4, 0.5) is 0 Å². The molecule has 5 nitrogen and oxygen atoms in total. The smallest absolute Gasteiger partial charge is 0.250 e. The molecular formula is C16H20N4O. The van der Waals surface area contributed by atoms with Crippen molar-refractivity contribution in [2.24, 2.45) is 11.7 Å². The van der Waals surface area contributed by atoms with Crippen LogP contribution in [0.5, 0.6) is 0 Å². The Morgan fingerprint density at radius 2 is 2.43 bits per heavy atom. The zero-order valence-corrected chi connectivity index (χ0v) is 12.2. The molecule has 5 heteroatoms. The van der Waals surface area contributed by atoms with Crippen molar-refractivity contribution in [3.8, 4) is 0 Å². The average Bonchev–Trinajstić information content (AvgIpc) is 3.17. The van der Waals surface area contributed by atoms with Crippen LogP contribution in [0, 0.1) is 5.92 Å². The first-order chi connectivity index (χ1) is 10.1. The molecule has 1 aromatic carbocycles. The highest BCUT2D eigenvalue weighted by Gasteiger charge is 2.52. The Morgan fingerprint density at radius 1 is 1.57 bits per heavy atom. The van der Waals surface area contributed by atoms with Crippen molar-refractivity contribution in [2.45, 2.75) is 31.7 Å². The van der Waals surface area contributed by atoms with Crippen LogP contribution >= 0.6 is 0 Å². The van der Waals surface area contributed by atoms with Gasteiger partial charge in [-0.05, 0) is 43.9 Å². The van der Waals surface area contributed by atoms with Crippen LogP contribution in [0.25, 0.3) is 11.0 Å². The normalized spacial score (nSPS) is 28.5. The maximum atomic E-state index is 11.6. The summed E-state index contributed by atoms with van der Waals surface area (Å²) in [6.07, 6.45) is 3.60. The number of nitrogens with two attached hydrogens (primary N) is 1. The second kappa shape index (κ2) is 4.31. The molecule has 2 unspecified atom stereocenters. The molecule has 3 N–H and O–H groups in total. The molecule has 1 aliphatic heterocycles. The molecule has 0 spiro atoms. The number of rotatable bonds is 3. The lowest BCUT2D eigenvalue weighted by atomic mass is 9.96. The molecule has 2 aliphatic rings. The Labute approximate surface area is 123 Å². The average molecular weight is 284 g/mol. The van der Waals surface area contributed by atoms with E-state index in [2.05, 4.69) is 16.8 Å². The van der Waals surface area contributed by atoms with Crippen molar-refractivity contribution in [2.75, 3.05) is 13.1 Å². The standard InChI is InChI=1S/C16H20N4O/c1-2-20-9-10-6-7-16(20,8-10)15-18-12-5-3-4-11(14(17)21)13(12)19-15/h3-5,10H,2,6-9H2,1H3,(H2,17,21)(H,18,19). The summed E-state index contributed by atoms with van der Waals surface area (Å²) >= 11 is 0. The lowest BCUT2D eigenvalue weighted by molar-refractivity contribution is 0.100. The highest BCUT2D eigenvalue weighted by molar-refractivity contribution is 6.04. The van der Waals surface area contributed by atoms with Crippen molar-refractivity contribution in [1.82, 2.24) is 14.9 Å². The van der Waals surface area contributed by atoms with Gasteiger partial charge in [0.15, 0.2) is 0 Å². The molecule has 1 aromatic heterocycles. The van der Waals surface area contributed by atoms with Gasteiger partial charge in [-0.3, -0.25) is 9.69 Å². The minimum absolute atomic E-state index is 0.0351. The van der Waals surface area contributed by atoms with E-state index >= 15 is 0 Å². The fraction of sp³-hybridized carbons (Fsp3) is 0.500. The van der Waals surface area contributed by atoms with Gasteiger partial charge in [-0.2, -0.15) is 0 Å². The molecule has 21 heavy (non-hydrogen) atoms. The van der Waals surface area contributed by atoms with E-state index in [1.807, 2.05) is 12.1 Å². The van der Waals surface area contributed by atoms with Crippen molar-refractivity contribution in [1.29, 1.82) is 0 Å². The van der Waals surface area contributed by atoms with Crippen LogP contribution in [-0.4, -0.2) is 33.9 Å². The summed E-state index contributed by atoms with van der Waals surface area (Å²) < 4.78 is 0. The highest BCUT2D eigenvalue weighted by Crippen LogP contribution is 2.52. The predicted octanol–water partition coefficient (Wildman–Crippen LogP) is 1.99. The number of benzene rings is 1. The minimum atomic E-state index is -0.417. The van der Waals surface area contributed by atoms with Gasteiger partial charge in [-0.1, -0.05) is 13.0 Å². The summed E-state index contributed by atoms with van der Waals surface area (Å²) in [4.78, 5) is 22.4. The van der Waals surface area contributed by atoms with Crippen LogP contribution in [0.1, 0.15) is 42.4 Å². The van der Waals surface area contributed by atoms with Gasteiger partial charge >= 0.3 is 0 Å². The SMILES string of the molecule is CCN1CC2CCC1(c1nc3c(C(N)=O)cccc3[nH]1)C2. The summed E-state index contributed by atoms with van der Waals surface area (Å²) in [7, 11) is 0. The Morgan fingerprint density at radius 3 is 3.14 bits per heavy atom. The number of aromatic nitrogens is 2. The van der Waals surface area contributed by atoms with E-state index in [-0.39, 0.29) is 5.54 Å². The third kappa shape index (κ3) is 1.67. The molecule has 2 bridgehead atoms. The molecule has 1 amide bonds. The second-order valence-corrected chi connectivity index (χ2v) is 6.33. The van der Waals surface area contributed by atoms with Crippen LogP contribution in [0.3, 0.4) is 0 Å². The number of amides is 1. The van der Waals surface area contributed by atoms with Crippen molar-refractivity contribution < 1.29 is 4.79 Å². The Bertz CT molecular complexity index is 722. The number of nitrogens with zero attached hydrogens (tertiary/aromatic N) is 2. The van der Waals surface area contributed by atoms with E-state index in [4.69, 9.17) is 10.7 Å². The van der Waals surface area contributed by atoms with Crippen LogP contribution in [0.2, 0.25) is 0 Å². The monoisotopic (exact) mass is 284 g/mol. The molecule has 0 radical (unpaired) electrons. The summed E-state index contributed by atoms with van der Waals surface area (Å²) in [5.41, 5.74) is 7.62. The largest absolute Gasteiger partial charge is 0.366 e. The number of carbonyl (C=O) groups excluding carboxylic acids is 1. The number of piperidine rings is 1. The molecular weight excluding hydrogens is 264 g/mol. The topological polar surface area (TPSA) is 75.0 Å². The van der Waals surface area contributed by atoms with E-state index in [9.17, 15) is 4.79 Å². The second-order valence-electron chi connectivity index (χ2n) is 6.33. The van der Waals surface area contributed by atoms with Crippen molar-refractivity contribution in [3.05, 3.63) is 29.6 Å². The molecule has 1 saturated carbocycles. The molecule has 1 saturated heterocycles. The van der Waals surface area contributed by atoms with E-state index in [1.165, 1.54) is 12.8 Å². The van der Waals surface area contributed by atoms with Gasteiger partial charge in [0.2, 0.25) is 0 Å². The maximum Gasteiger partial charge on any atom is 0.250 e. The first kappa shape index (κ1) is 12.8. The number of primary amides is 1. The summed E-state index contributed by atoms with van der Waals surface area (Å²) in [5, 5.41) is 0. The van der Waals surface area contributed by atoms with Gasteiger partial charge in [-0.15, -0.1) is 0 Å². The van der Waals surface area contributed by atoms with Crippen LogP contribution in [0.15, 0.2) is 18.2 Å². The van der Waals surface area contributed by atoms with Gasteiger partial charge in [0.05, 0.1) is 16.6 Å². The molecule has 1 aliphatic carbocycles. The lowest BCUT2D eigenvalue weighted by Gasteiger charge is -2.36. The first-order valence-corrected chi connectivity index (χ1v) is 7.68. The van der Waals surface area contributed by atoms with Gasteiger partial charge in [-0.25, -0.2) is 4.98 Å². The van der Waals surface area contributed by atoms with Crippen molar-refractivity contribution >= 4 is 16.9 Å². The van der Waals surface area contributed by atoms with Crippen molar-refractivity contribution in [3.63, 3.8) is 0 Å². The fourth-order valence-corrected chi connectivity index (χ4v) is 4.30. The maximum absolute atomic E-state index is 11.6. The first-order valence-electron chi connectivity index (χ1n) is 7.68. The predicted molar refractivity (Wildman–Crippen MR) is 80.9 cm³/mol. The summed E-state index contributed by atoms with van der Waals surface area (Å²) in [6.45, 7) is 4.41. The number of hydrogen-bond acceptors (Lipinski definition) is 3. The van der Waals surface area contributed by atoms with E-state index in [1.54, 1.807) is 6.07 Å². The Kier molecular flexibility index (Phi) is 2.63. The van der Waals surface area contributed by atoms with E-state index in [0.717, 1.165) is 36.8 Å². The number of para-hydroxylation sites is 1. The van der Waals surface area contributed by atoms with E-state index < -0.39 is 5.91 Å². The van der Waals surface area contributed by atoms with Gasteiger partial charge in [0.25, 0.3) is 5.91 Å². The van der Waals surface area contributed by atoms with Crippen LogP contribution in [-0.2, 0) is 5.54 Å².